The number of hydrogen-bond donors (Lipinski definition) is 0. The molecule has 0 N–H and O–H groups in total. The predicted octanol–water partition coefficient (Wildman–Crippen LogP) is 10.7. The Balaban J connectivity index is 1.39. The highest BCUT2D eigenvalue weighted by Crippen LogP contribution is 2.52. The van der Waals surface area contributed by atoms with Gasteiger partial charge in [-0.15, -0.1) is 0 Å². The van der Waals surface area contributed by atoms with Crippen LogP contribution in [-0.4, -0.2) is 6.61 Å². The smallest absolute Gasteiger partial charge is 0.119 e. The SMILES string of the molecule is CCCCCCCCCCOc1ccc(N2c3ccc(Br)cc3Sc3cc(Br)ccc32)cc1. The molecule has 1 aliphatic heterocycles. The molecule has 4 rings (SSSR count). The summed E-state index contributed by atoms with van der Waals surface area (Å²) in [6, 6.07) is 21.5. The number of halogens is 2. The maximum absolute atomic E-state index is 6.03. The number of rotatable bonds is 11. The molecule has 3 aromatic rings. The van der Waals surface area contributed by atoms with E-state index in [-0.39, 0.29) is 0 Å². The lowest BCUT2D eigenvalue weighted by atomic mass is 10.1. The molecule has 0 atom stereocenters. The van der Waals surface area contributed by atoms with Crippen LogP contribution in [-0.2, 0) is 0 Å². The lowest BCUT2D eigenvalue weighted by molar-refractivity contribution is 0.304. The molecule has 174 valence electrons. The van der Waals surface area contributed by atoms with Crippen molar-refractivity contribution in [2.45, 2.75) is 68.1 Å². The van der Waals surface area contributed by atoms with Crippen LogP contribution in [0.1, 0.15) is 58.3 Å². The van der Waals surface area contributed by atoms with Crippen molar-refractivity contribution in [1.82, 2.24) is 0 Å². The van der Waals surface area contributed by atoms with Gasteiger partial charge in [0.15, 0.2) is 0 Å². The van der Waals surface area contributed by atoms with Crippen LogP contribution < -0.4 is 9.64 Å². The van der Waals surface area contributed by atoms with Gasteiger partial charge >= 0.3 is 0 Å². The van der Waals surface area contributed by atoms with E-state index < -0.39 is 0 Å². The second kappa shape index (κ2) is 12.3. The van der Waals surface area contributed by atoms with Crippen LogP contribution in [0.4, 0.5) is 17.1 Å². The fourth-order valence-electron chi connectivity index (χ4n) is 4.15. The maximum Gasteiger partial charge on any atom is 0.119 e. The Labute approximate surface area is 219 Å². The van der Waals surface area contributed by atoms with Crippen molar-refractivity contribution in [2.75, 3.05) is 11.5 Å². The maximum atomic E-state index is 6.03. The third-order valence-corrected chi connectivity index (χ3v) is 7.99. The fourth-order valence-corrected chi connectivity index (χ4v) is 6.31. The molecule has 0 aromatic heterocycles. The standard InChI is InChI=1S/C28H31Br2NOS/c1-2-3-4-5-6-7-8-9-18-32-24-14-12-23(13-15-24)31-25-16-10-21(29)19-27(25)33-28-20-22(30)11-17-26(28)31/h10-17,19-20H,2-9,18H2,1H3. The van der Waals surface area contributed by atoms with Gasteiger partial charge in [-0.1, -0.05) is 95.5 Å². The first-order valence-corrected chi connectivity index (χ1v) is 14.4. The predicted molar refractivity (Wildman–Crippen MR) is 149 cm³/mol. The summed E-state index contributed by atoms with van der Waals surface area (Å²) in [6.07, 6.45) is 10.5. The van der Waals surface area contributed by atoms with Gasteiger partial charge in [-0.2, -0.15) is 0 Å². The van der Waals surface area contributed by atoms with Crippen molar-refractivity contribution < 1.29 is 4.74 Å². The van der Waals surface area contributed by atoms with E-state index in [2.05, 4.69) is 104 Å². The zero-order chi connectivity index (χ0) is 23.0. The Morgan fingerprint density at radius 2 is 1.24 bits per heavy atom. The van der Waals surface area contributed by atoms with E-state index in [1.54, 1.807) is 0 Å². The van der Waals surface area contributed by atoms with Gasteiger partial charge < -0.3 is 9.64 Å². The van der Waals surface area contributed by atoms with E-state index in [1.807, 2.05) is 11.8 Å². The topological polar surface area (TPSA) is 12.5 Å². The van der Waals surface area contributed by atoms with Gasteiger partial charge in [-0.3, -0.25) is 0 Å². The first kappa shape index (κ1) is 24.7. The molecule has 1 aliphatic rings. The minimum absolute atomic E-state index is 0.794. The van der Waals surface area contributed by atoms with Crippen LogP contribution in [0.3, 0.4) is 0 Å². The van der Waals surface area contributed by atoms with Gasteiger partial charge in [0.05, 0.1) is 18.0 Å². The van der Waals surface area contributed by atoms with Crippen molar-refractivity contribution >= 4 is 60.7 Å². The molecule has 2 nitrogen and oxygen atoms in total. The Bertz CT molecular complexity index is 1000. The molecule has 5 heteroatoms. The average Bonchev–Trinajstić information content (AvgIpc) is 2.82. The van der Waals surface area contributed by atoms with Crippen LogP contribution in [0, 0.1) is 0 Å². The third-order valence-electron chi connectivity index (χ3n) is 5.91. The molecule has 3 aromatic carbocycles. The minimum atomic E-state index is 0.794. The second-order valence-corrected chi connectivity index (χ2v) is 11.4. The van der Waals surface area contributed by atoms with Crippen molar-refractivity contribution in [2.24, 2.45) is 0 Å². The number of unbranched alkanes of at least 4 members (excludes halogenated alkanes) is 7. The number of ether oxygens (including phenoxy) is 1. The van der Waals surface area contributed by atoms with E-state index >= 15 is 0 Å². The quantitative estimate of drug-likeness (QED) is 0.162. The normalized spacial score (nSPS) is 12.4. The number of anilines is 3. The molecule has 0 saturated carbocycles. The molecule has 0 bridgehead atoms. The monoisotopic (exact) mass is 587 g/mol. The zero-order valence-corrected chi connectivity index (χ0v) is 23.1. The summed E-state index contributed by atoms with van der Waals surface area (Å²) < 4.78 is 8.22. The number of fused-ring (bicyclic) bond motifs is 2. The van der Waals surface area contributed by atoms with Crippen LogP contribution >= 0.6 is 43.6 Å². The highest BCUT2D eigenvalue weighted by molar-refractivity contribution is 9.10. The number of nitrogens with zero attached hydrogens (tertiary/aromatic N) is 1. The Morgan fingerprint density at radius 3 is 1.82 bits per heavy atom. The molecule has 0 aliphatic carbocycles. The number of benzene rings is 3. The summed E-state index contributed by atoms with van der Waals surface area (Å²) in [5, 5.41) is 0. The van der Waals surface area contributed by atoms with E-state index in [0.29, 0.717) is 0 Å². The van der Waals surface area contributed by atoms with E-state index in [1.165, 1.54) is 66.1 Å². The molecule has 0 amide bonds. The highest BCUT2D eigenvalue weighted by Gasteiger charge is 2.25. The van der Waals surface area contributed by atoms with Crippen LogP contribution in [0.2, 0.25) is 0 Å². The van der Waals surface area contributed by atoms with E-state index in [4.69, 9.17) is 4.74 Å². The first-order chi connectivity index (χ1) is 16.2. The fraction of sp³-hybridized carbons (Fsp3) is 0.357. The largest absolute Gasteiger partial charge is 0.494 e. The lowest BCUT2D eigenvalue weighted by Crippen LogP contribution is -2.14. The van der Waals surface area contributed by atoms with Gasteiger partial charge in [0.2, 0.25) is 0 Å². The van der Waals surface area contributed by atoms with E-state index in [9.17, 15) is 0 Å². The molecular formula is C28H31Br2NOS. The molecule has 0 spiro atoms. The van der Waals surface area contributed by atoms with Gasteiger partial charge in [-0.05, 0) is 67.1 Å². The van der Waals surface area contributed by atoms with Crippen molar-refractivity contribution in [3.05, 3.63) is 69.6 Å². The number of hydrogen-bond acceptors (Lipinski definition) is 3. The van der Waals surface area contributed by atoms with Gasteiger partial charge in [-0.25, -0.2) is 0 Å². The molecule has 0 radical (unpaired) electrons. The van der Waals surface area contributed by atoms with Crippen LogP contribution in [0.25, 0.3) is 0 Å². The highest BCUT2D eigenvalue weighted by atomic mass is 79.9. The molecule has 33 heavy (non-hydrogen) atoms. The Hall–Kier alpha value is -1.43. The summed E-state index contributed by atoms with van der Waals surface area (Å²) >= 11 is 9.06. The van der Waals surface area contributed by atoms with Crippen molar-refractivity contribution in [3.8, 4) is 5.75 Å². The van der Waals surface area contributed by atoms with Crippen molar-refractivity contribution in [1.29, 1.82) is 0 Å². The van der Waals surface area contributed by atoms with Crippen molar-refractivity contribution in [3.63, 3.8) is 0 Å². The average molecular weight is 589 g/mol. The molecule has 0 fully saturated rings. The summed E-state index contributed by atoms with van der Waals surface area (Å²) in [5.74, 6) is 0.945. The molecular weight excluding hydrogens is 558 g/mol. The van der Waals surface area contributed by atoms with E-state index in [0.717, 1.165) is 33.4 Å². The molecule has 0 saturated heterocycles. The summed E-state index contributed by atoms with van der Waals surface area (Å²) in [6.45, 7) is 3.06. The zero-order valence-electron chi connectivity index (χ0n) is 19.2. The lowest BCUT2D eigenvalue weighted by Gasteiger charge is -2.33. The minimum Gasteiger partial charge on any atom is -0.494 e. The van der Waals surface area contributed by atoms with Gasteiger partial charge in [0.25, 0.3) is 0 Å². The summed E-state index contributed by atoms with van der Waals surface area (Å²) in [7, 11) is 0. The second-order valence-electron chi connectivity index (χ2n) is 8.48. The van der Waals surface area contributed by atoms with Crippen LogP contribution in [0.15, 0.2) is 79.4 Å². The van der Waals surface area contributed by atoms with Crippen LogP contribution in [0.5, 0.6) is 5.75 Å². The first-order valence-electron chi connectivity index (χ1n) is 12.0. The third kappa shape index (κ3) is 6.58. The summed E-state index contributed by atoms with van der Waals surface area (Å²) in [4.78, 5) is 4.82. The molecule has 0 unspecified atom stereocenters. The summed E-state index contributed by atoms with van der Waals surface area (Å²) in [5.41, 5.74) is 3.54. The van der Waals surface area contributed by atoms with Gasteiger partial charge in [0.1, 0.15) is 5.75 Å². The molecule has 1 heterocycles. The Morgan fingerprint density at radius 1 is 0.697 bits per heavy atom. The Kier molecular flexibility index (Phi) is 9.22. The van der Waals surface area contributed by atoms with Gasteiger partial charge in [0, 0.05) is 24.4 Å².